The second kappa shape index (κ2) is 5.89. The molecule has 0 radical (unpaired) electrons. The first-order valence-corrected chi connectivity index (χ1v) is 8.53. The fourth-order valence-electron chi connectivity index (χ4n) is 3.47. The van der Waals surface area contributed by atoms with Crippen LogP contribution in [0.3, 0.4) is 0 Å². The predicted octanol–water partition coefficient (Wildman–Crippen LogP) is 1.71. The lowest BCUT2D eigenvalue weighted by Crippen LogP contribution is -2.45. The minimum Gasteiger partial charge on any atom is -0.357 e. The minimum atomic E-state index is -0.0224. The maximum atomic E-state index is 12.6. The van der Waals surface area contributed by atoms with E-state index < -0.39 is 0 Å². The average Bonchev–Trinajstić information content (AvgIpc) is 3.16. The summed E-state index contributed by atoms with van der Waals surface area (Å²) in [7, 11) is 1.82. The van der Waals surface area contributed by atoms with Crippen LogP contribution in [-0.2, 0) is 7.05 Å². The second-order valence-electron chi connectivity index (χ2n) is 6.57. The van der Waals surface area contributed by atoms with Crippen molar-refractivity contribution in [3.05, 3.63) is 35.5 Å². The first kappa shape index (κ1) is 15.1. The van der Waals surface area contributed by atoms with E-state index in [2.05, 4.69) is 26.0 Å². The molecule has 2 aromatic heterocycles. The summed E-state index contributed by atoms with van der Waals surface area (Å²) in [6, 6.07) is 3.85. The lowest BCUT2D eigenvalue weighted by molar-refractivity contribution is 0.0443. The summed E-state index contributed by atoms with van der Waals surface area (Å²) in [6.45, 7) is 4.78. The monoisotopic (exact) mass is 326 g/mol. The van der Waals surface area contributed by atoms with Crippen LogP contribution < -0.4 is 4.90 Å². The van der Waals surface area contributed by atoms with Gasteiger partial charge in [-0.15, -0.1) is 0 Å². The Morgan fingerprint density at radius 1 is 1.21 bits per heavy atom. The van der Waals surface area contributed by atoms with Crippen molar-refractivity contribution in [3.63, 3.8) is 0 Å². The van der Waals surface area contributed by atoms with Crippen LogP contribution >= 0.6 is 0 Å². The lowest BCUT2D eigenvalue weighted by Gasteiger charge is -2.40. The third-order valence-electron chi connectivity index (χ3n) is 4.83. The Balaban J connectivity index is 1.58. The van der Waals surface area contributed by atoms with E-state index in [1.807, 2.05) is 18.9 Å². The van der Waals surface area contributed by atoms with Crippen molar-refractivity contribution in [3.8, 4) is 0 Å². The molecule has 0 bridgehead atoms. The van der Waals surface area contributed by atoms with Crippen molar-refractivity contribution in [2.45, 2.75) is 32.2 Å². The Kier molecular flexibility index (Phi) is 3.70. The van der Waals surface area contributed by atoms with Crippen molar-refractivity contribution in [2.24, 2.45) is 7.05 Å². The van der Waals surface area contributed by atoms with E-state index in [4.69, 9.17) is 0 Å². The van der Waals surface area contributed by atoms with Gasteiger partial charge in [0.1, 0.15) is 17.3 Å². The number of carbonyl (C=O) groups excluding carboxylic acids is 1. The number of aromatic nitrogens is 4. The summed E-state index contributed by atoms with van der Waals surface area (Å²) in [5, 5.41) is 4.22. The smallest absolute Gasteiger partial charge is 0.274 e. The van der Waals surface area contributed by atoms with E-state index in [1.54, 1.807) is 16.9 Å². The molecule has 4 rings (SSSR count). The maximum absolute atomic E-state index is 12.6. The molecule has 0 aromatic carbocycles. The summed E-state index contributed by atoms with van der Waals surface area (Å²) in [6.07, 6.45) is 5.16. The van der Waals surface area contributed by atoms with Crippen molar-refractivity contribution < 1.29 is 4.79 Å². The van der Waals surface area contributed by atoms with Gasteiger partial charge in [-0.25, -0.2) is 9.97 Å². The predicted molar refractivity (Wildman–Crippen MR) is 89.8 cm³/mol. The number of hydrogen-bond acceptors (Lipinski definition) is 5. The molecule has 0 spiro atoms. The van der Waals surface area contributed by atoms with Crippen LogP contribution in [0.5, 0.6) is 0 Å². The van der Waals surface area contributed by atoms with Crippen molar-refractivity contribution >= 4 is 11.7 Å². The molecule has 2 aliphatic rings. The summed E-state index contributed by atoms with van der Waals surface area (Å²) >= 11 is 0. The van der Waals surface area contributed by atoms with E-state index in [1.165, 1.54) is 12.8 Å². The zero-order valence-corrected chi connectivity index (χ0v) is 14.1. The highest BCUT2D eigenvalue weighted by Crippen LogP contribution is 2.34. The fourth-order valence-corrected chi connectivity index (χ4v) is 3.47. The average molecular weight is 326 g/mol. The first-order valence-electron chi connectivity index (χ1n) is 8.53. The summed E-state index contributed by atoms with van der Waals surface area (Å²) in [4.78, 5) is 26.0. The lowest BCUT2D eigenvalue weighted by atomic mass is 9.98. The minimum absolute atomic E-state index is 0.0224. The molecular weight excluding hydrogens is 304 g/mol. The molecule has 4 heterocycles. The summed E-state index contributed by atoms with van der Waals surface area (Å²) in [5.41, 5.74) is 1.44. The molecule has 0 unspecified atom stereocenters. The number of amides is 1. The Bertz CT molecular complexity index is 764. The van der Waals surface area contributed by atoms with Gasteiger partial charge in [-0.1, -0.05) is 0 Å². The van der Waals surface area contributed by atoms with E-state index in [0.29, 0.717) is 5.69 Å². The Hall–Kier alpha value is -2.44. The number of hydrogen-bond donors (Lipinski definition) is 0. The number of likely N-dealkylation sites (tertiary alicyclic amines) is 1. The van der Waals surface area contributed by atoms with Crippen molar-refractivity contribution in [1.82, 2.24) is 24.6 Å². The topological polar surface area (TPSA) is 67.2 Å². The summed E-state index contributed by atoms with van der Waals surface area (Å²) < 4.78 is 1.66. The van der Waals surface area contributed by atoms with Gasteiger partial charge >= 0.3 is 0 Å². The maximum Gasteiger partial charge on any atom is 0.274 e. The van der Waals surface area contributed by atoms with Gasteiger partial charge in [0.05, 0.1) is 11.7 Å². The standard InChI is InChI=1S/C17H22N6O/c1-12-18-14(11-16(19-12)22-7-3-4-8-22)15-6-10-23(15)17(24)13-5-9-21(2)20-13/h5,9,11,15H,3-4,6-8,10H2,1-2H3/t15-/m1/s1. The molecule has 0 saturated carbocycles. The highest BCUT2D eigenvalue weighted by Gasteiger charge is 2.36. The van der Waals surface area contributed by atoms with Gasteiger partial charge in [-0.3, -0.25) is 9.48 Å². The highest BCUT2D eigenvalue weighted by atomic mass is 16.2. The quantitative estimate of drug-likeness (QED) is 0.859. The second-order valence-corrected chi connectivity index (χ2v) is 6.57. The molecule has 2 fully saturated rings. The van der Waals surface area contributed by atoms with Crippen LogP contribution in [0.25, 0.3) is 0 Å². The van der Waals surface area contributed by atoms with Crippen LogP contribution in [0.1, 0.15) is 47.3 Å². The van der Waals surface area contributed by atoms with E-state index >= 15 is 0 Å². The SMILES string of the molecule is Cc1nc([C@H]2CCN2C(=O)c2ccn(C)n2)cc(N2CCCC2)n1. The molecule has 1 amide bonds. The van der Waals surface area contributed by atoms with Crippen LogP contribution in [0.15, 0.2) is 18.3 Å². The number of carbonyl (C=O) groups is 1. The third kappa shape index (κ3) is 2.64. The number of nitrogens with zero attached hydrogens (tertiary/aromatic N) is 6. The molecular formula is C17H22N6O. The Morgan fingerprint density at radius 2 is 2.00 bits per heavy atom. The molecule has 126 valence electrons. The molecule has 0 N–H and O–H groups in total. The van der Waals surface area contributed by atoms with Crippen molar-refractivity contribution in [1.29, 1.82) is 0 Å². The highest BCUT2D eigenvalue weighted by molar-refractivity contribution is 5.93. The first-order chi connectivity index (χ1) is 11.6. The number of anilines is 1. The molecule has 7 nitrogen and oxygen atoms in total. The Labute approximate surface area is 141 Å². The molecule has 1 atom stereocenters. The van der Waals surface area contributed by atoms with Crippen LogP contribution in [0.4, 0.5) is 5.82 Å². The number of aryl methyl sites for hydroxylation is 2. The molecule has 0 aliphatic carbocycles. The van der Waals surface area contributed by atoms with Gasteiger partial charge in [0.15, 0.2) is 0 Å². The van der Waals surface area contributed by atoms with E-state index in [0.717, 1.165) is 43.4 Å². The zero-order valence-electron chi connectivity index (χ0n) is 14.1. The van der Waals surface area contributed by atoms with Crippen LogP contribution in [-0.4, -0.2) is 50.2 Å². The van der Waals surface area contributed by atoms with Gasteiger partial charge < -0.3 is 9.80 Å². The van der Waals surface area contributed by atoms with Gasteiger partial charge in [0.2, 0.25) is 0 Å². The molecule has 2 aliphatic heterocycles. The van der Waals surface area contributed by atoms with Gasteiger partial charge in [-0.05, 0) is 32.3 Å². The van der Waals surface area contributed by atoms with Crippen LogP contribution in [0, 0.1) is 6.92 Å². The van der Waals surface area contributed by atoms with Gasteiger partial charge in [0, 0.05) is 38.9 Å². The largest absolute Gasteiger partial charge is 0.357 e. The Morgan fingerprint density at radius 3 is 2.62 bits per heavy atom. The van der Waals surface area contributed by atoms with Crippen molar-refractivity contribution in [2.75, 3.05) is 24.5 Å². The van der Waals surface area contributed by atoms with Crippen LogP contribution in [0.2, 0.25) is 0 Å². The normalized spacial score (nSPS) is 20.3. The third-order valence-corrected chi connectivity index (χ3v) is 4.83. The van der Waals surface area contributed by atoms with Gasteiger partial charge in [0.25, 0.3) is 5.91 Å². The molecule has 24 heavy (non-hydrogen) atoms. The van der Waals surface area contributed by atoms with Gasteiger partial charge in [-0.2, -0.15) is 5.10 Å². The van der Waals surface area contributed by atoms with E-state index in [9.17, 15) is 4.79 Å². The molecule has 2 aromatic rings. The van der Waals surface area contributed by atoms with E-state index in [-0.39, 0.29) is 11.9 Å². The fraction of sp³-hybridized carbons (Fsp3) is 0.529. The molecule has 2 saturated heterocycles. The number of rotatable bonds is 3. The molecule has 7 heteroatoms. The summed E-state index contributed by atoms with van der Waals surface area (Å²) in [5.74, 6) is 1.74. The zero-order chi connectivity index (χ0) is 16.7.